The molecule has 5 amide bonds. The van der Waals surface area contributed by atoms with Gasteiger partial charge in [-0.1, -0.05) is 88.4 Å². The van der Waals surface area contributed by atoms with Crippen LogP contribution in [0.4, 0.5) is 0 Å². The summed E-state index contributed by atoms with van der Waals surface area (Å²) in [6.07, 6.45) is 5.53. The minimum Gasteiger partial charge on any atom is -0.480 e. The highest BCUT2D eigenvalue weighted by Gasteiger charge is 2.30. The van der Waals surface area contributed by atoms with Gasteiger partial charge in [0.15, 0.2) is 0 Å². The lowest BCUT2D eigenvalue weighted by molar-refractivity contribution is -0.143. The number of carbonyl (C=O) groups is 7. The van der Waals surface area contributed by atoms with E-state index in [0.717, 1.165) is 16.0 Å². The number of carboxylic acid groups (broad SMARTS) is 2. The highest BCUT2D eigenvalue weighted by Crippen LogP contribution is 2.18. The predicted molar refractivity (Wildman–Crippen MR) is 207 cm³/mol. The largest absolute Gasteiger partial charge is 0.480 e. The molecule has 1 aromatic carbocycles. The molecule has 1 aromatic rings. The second-order valence-electron chi connectivity index (χ2n) is 14.2. The summed E-state index contributed by atoms with van der Waals surface area (Å²) in [4.78, 5) is 88.1. The van der Waals surface area contributed by atoms with Crippen molar-refractivity contribution in [3.05, 3.63) is 72.0 Å². The zero-order valence-corrected chi connectivity index (χ0v) is 33.4. The third kappa shape index (κ3) is 17.1. The minimum absolute atomic E-state index is 0.0154. The maximum atomic E-state index is 13.3. The third-order valence-electron chi connectivity index (χ3n) is 8.95. The first-order valence-corrected chi connectivity index (χ1v) is 18.2. The summed E-state index contributed by atoms with van der Waals surface area (Å²) in [5, 5.41) is 29.1. The average molecular weight is 770 g/mol. The standard InChI is InChI=1S/C40H59N5O10/c1-23(2)20-33(40(53)54)44-37(49)27(6)41-38(50)28(7)45(9)35(47)19-18-32(39(51)52)43-36(48)26(5)31(42-29(8)46)17-16-24(3)21-25(4)34(55-10)22-30-14-12-11-13-15-30/h11-17,21,23,25-27,31-34H,7,18-20,22H2,1-6,8-10H3,(H,41,50)(H,42,46)(H,43,48)(H,44,49)(H,51,52)(H,53,54)/b17-16+,24-21+/t25-,26-,27+,31-,32+,33-,34-/m0/s1. The van der Waals surface area contributed by atoms with E-state index < -0.39 is 78.0 Å². The van der Waals surface area contributed by atoms with Gasteiger partial charge in [0.1, 0.15) is 23.8 Å². The fourth-order valence-electron chi connectivity index (χ4n) is 5.53. The van der Waals surface area contributed by atoms with Gasteiger partial charge in [0.25, 0.3) is 5.91 Å². The molecule has 0 saturated heterocycles. The Balaban J connectivity index is 2.89. The van der Waals surface area contributed by atoms with Gasteiger partial charge in [-0.15, -0.1) is 0 Å². The number of nitrogens with one attached hydrogen (secondary N) is 4. The van der Waals surface area contributed by atoms with Crippen molar-refractivity contribution in [2.45, 2.75) is 104 Å². The number of aliphatic carboxylic acids is 2. The van der Waals surface area contributed by atoms with E-state index in [0.29, 0.717) is 6.42 Å². The van der Waals surface area contributed by atoms with Gasteiger partial charge in [-0.05, 0) is 44.6 Å². The summed E-state index contributed by atoms with van der Waals surface area (Å²) in [5.41, 5.74) is 1.66. The second-order valence-corrected chi connectivity index (χ2v) is 14.2. The van der Waals surface area contributed by atoms with E-state index in [1.54, 1.807) is 33.1 Å². The van der Waals surface area contributed by atoms with Crippen LogP contribution in [0.1, 0.15) is 73.3 Å². The van der Waals surface area contributed by atoms with E-state index in [1.807, 2.05) is 50.3 Å². The van der Waals surface area contributed by atoms with E-state index >= 15 is 0 Å². The van der Waals surface area contributed by atoms with Gasteiger partial charge in [0.05, 0.1) is 18.1 Å². The van der Waals surface area contributed by atoms with Crippen molar-refractivity contribution in [2.75, 3.05) is 14.2 Å². The van der Waals surface area contributed by atoms with Crippen LogP contribution in [0.5, 0.6) is 0 Å². The fourth-order valence-corrected chi connectivity index (χ4v) is 5.53. The van der Waals surface area contributed by atoms with Gasteiger partial charge in [-0.25, -0.2) is 9.59 Å². The maximum Gasteiger partial charge on any atom is 0.326 e. The molecular formula is C40H59N5O10. The Morgan fingerprint density at radius 1 is 0.855 bits per heavy atom. The van der Waals surface area contributed by atoms with Crippen LogP contribution in [0.15, 0.2) is 66.4 Å². The molecule has 6 N–H and O–H groups in total. The number of amides is 5. The van der Waals surface area contributed by atoms with Crippen molar-refractivity contribution in [1.82, 2.24) is 26.2 Å². The molecule has 7 atom stereocenters. The molecule has 0 bridgehead atoms. The monoisotopic (exact) mass is 769 g/mol. The summed E-state index contributed by atoms with van der Waals surface area (Å²) in [6, 6.07) is 5.37. The Morgan fingerprint density at radius 2 is 1.44 bits per heavy atom. The number of carbonyl (C=O) groups excluding carboxylic acids is 5. The molecule has 0 heterocycles. The molecule has 1 rings (SSSR count). The smallest absolute Gasteiger partial charge is 0.326 e. The molecule has 0 spiro atoms. The number of rotatable bonds is 23. The van der Waals surface area contributed by atoms with E-state index in [1.165, 1.54) is 27.8 Å². The zero-order valence-electron chi connectivity index (χ0n) is 33.4. The quantitative estimate of drug-likeness (QED) is 0.0706. The first kappa shape index (κ1) is 47.7. The van der Waals surface area contributed by atoms with Crippen molar-refractivity contribution >= 4 is 41.5 Å². The van der Waals surface area contributed by atoms with Crippen LogP contribution in [0, 0.1) is 17.8 Å². The van der Waals surface area contributed by atoms with Crippen molar-refractivity contribution in [1.29, 1.82) is 0 Å². The summed E-state index contributed by atoms with van der Waals surface area (Å²) >= 11 is 0. The van der Waals surface area contributed by atoms with Crippen molar-refractivity contribution in [3.63, 3.8) is 0 Å². The first-order valence-electron chi connectivity index (χ1n) is 18.2. The number of hydrogen-bond acceptors (Lipinski definition) is 8. The average Bonchev–Trinajstić information content (AvgIpc) is 3.12. The molecule has 0 fully saturated rings. The number of benzene rings is 1. The normalized spacial score (nSPS) is 15.4. The lowest BCUT2D eigenvalue weighted by Gasteiger charge is -2.25. The molecule has 15 nitrogen and oxygen atoms in total. The minimum atomic E-state index is -1.48. The van der Waals surface area contributed by atoms with E-state index in [-0.39, 0.29) is 36.5 Å². The van der Waals surface area contributed by atoms with Crippen LogP contribution in [0.3, 0.4) is 0 Å². The van der Waals surface area contributed by atoms with Gasteiger partial charge in [-0.3, -0.25) is 24.0 Å². The van der Waals surface area contributed by atoms with E-state index in [2.05, 4.69) is 27.8 Å². The van der Waals surface area contributed by atoms with Crippen molar-refractivity contribution < 1.29 is 48.5 Å². The maximum absolute atomic E-state index is 13.3. The number of allylic oxidation sites excluding steroid dienone is 2. The van der Waals surface area contributed by atoms with Gasteiger partial charge >= 0.3 is 11.9 Å². The van der Waals surface area contributed by atoms with E-state index in [4.69, 9.17) is 4.74 Å². The van der Waals surface area contributed by atoms with E-state index in [9.17, 15) is 43.8 Å². The third-order valence-corrected chi connectivity index (χ3v) is 8.95. The highest BCUT2D eigenvalue weighted by atomic mass is 16.5. The van der Waals surface area contributed by atoms with Crippen LogP contribution < -0.4 is 21.3 Å². The summed E-state index contributed by atoms with van der Waals surface area (Å²) < 4.78 is 5.74. The topological polar surface area (TPSA) is 221 Å². The number of methoxy groups -OCH3 is 1. The van der Waals surface area contributed by atoms with Crippen LogP contribution in [-0.4, -0.2) is 101 Å². The lowest BCUT2D eigenvalue weighted by Crippen LogP contribution is -2.51. The van der Waals surface area contributed by atoms with Crippen LogP contribution in [0.25, 0.3) is 0 Å². The van der Waals surface area contributed by atoms with Crippen LogP contribution >= 0.6 is 0 Å². The number of nitrogens with zero attached hydrogens (tertiary/aromatic N) is 1. The summed E-state index contributed by atoms with van der Waals surface area (Å²) in [5.74, 6) is -6.90. The van der Waals surface area contributed by atoms with Crippen molar-refractivity contribution in [2.24, 2.45) is 17.8 Å². The highest BCUT2D eigenvalue weighted by molar-refractivity contribution is 5.99. The van der Waals surface area contributed by atoms with Crippen molar-refractivity contribution in [3.8, 4) is 0 Å². The molecular weight excluding hydrogens is 710 g/mol. The molecule has 0 radical (unpaired) electrons. The zero-order chi connectivity index (χ0) is 42.0. The Bertz CT molecular complexity index is 1570. The molecule has 0 aromatic heterocycles. The molecule has 15 heteroatoms. The number of carboxylic acids is 2. The van der Waals surface area contributed by atoms with Crippen LogP contribution in [-0.2, 0) is 44.7 Å². The van der Waals surface area contributed by atoms with Gasteiger partial charge in [0, 0.05) is 33.4 Å². The summed E-state index contributed by atoms with van der Waals surface area (Å²) in [7, 11) is 2.90. The van der Waals surface area contributed by atoms with Gasteiger partial charge in [0.2, 0.25) is 23.6 Å². The predicted octanol–water partition coefficient (Wildman–Crippen LogP) is 2.97. The SMILES string of the molecule is C=C(C(=O)N[C@H](C)C(=O)N[C@@H](CC(C)C)C(=O)O)N(C)C(=O)CC[C@@H](NC(=O)[C@@H](C)[C@H](/C=C/C(C)=C/[C@H](C)[C@H](Cc1ccccc1)OC)NC(C)=O)C(=O)O. The Morgan fingerprint density at radius 3 is 1.96 bits per heavy atom. The summed E-state index contributed by atoms with van der Waals surface area (Å²) in [6.45, 7) is 15.3. The van der Waals surface area contributed by atoms with Crippen LogP contribution in [0.2, 0.25) is 0 Å². The number of ether oxygens (including phenoxy) is 1. The van der Waals surface area contributed by atoms with Gasteiger partial charge < -0.3 is 41.1 Å². The molecule has 0 aliphatic heterocycles. The molecule has 55 heavy (non-hydrogen) atoms. The second kappa shape index (κ2) is 23.5. The Hall–Kier alpha value is -5.31. The molecule has 0 aliphatic carbocycles. The molecule has 304 valence electrons. The number of likely N-dealkylation sites (N-methyl/N-ethyl adjacent to an activating group) is 1. The molecule has 0 saturated carbocycles. The Labute approximate surface area is 324 Å². The first-order chi connectivity index (χ1) is 25.7. The lowest BCUT2D eigenvalue weighted by atomic mass is 9.94. The molecule has 0 unspecified atom stereocenters. The fraction of sp³-hybridized carbons (Fsp3) is 0.525. The van der Waals surface area contributed by atoms with Gasteiger partial charge in [-0.2, -0.15) is 0 Å². The number of hydrogen-bond donors (Lipinski definition) is 6. The molecule has 0 aliphatic rings. The Kier molecular flexibility index (Phi) is 20.4.